The Kier molecular flexibility index (Phi) is 3.87. The number of rotatable bonds is 3. The van der Waals surface area contributed by atoms with Crippen LogP contribution in [0.4, 0.5) is 0 Å². The minimum absolute atomic E-state index is 0.303. The molecule has 0 amide bonds. The Morgan fingerprint density at radius 1 is 1.70 bits per heavy atom. The number of carbonyl (C=O) groups excluding carboxylic acids is 1. The summed E-state index contributed by atoms with van der Waals surface area (Å²) in [7, 11) is 1.29. The molecule has 0 bridgehead atoms. The lowest BCUT2D eigenvalue weighted by Crippen LogP contribution is -2.01. The lowest BCUT2D eigenvalue weighted by molar-refractivity contribution is -0.135. The molecule has 0 aliphatic heterocycles. The monoisotopic (exact) mass is 139 g/mol. The Morgan fingerprint density at radius 3 is 2.60 bits per heavy atom. The molecule has 0 heterocycles. The summed E-state index contributed by atoms with van der Waals surface area (Å²) in [5, 5.41) is 0. The van der Waals surface area contributed by atoms with E-state index in [1.807, 2.05) is 0 Å². The highest BCUT2D eigenvalue weighted by Crippen LogP contribution is 1.97. The highest BCUT2D eigenvalue weighted by molar-refractivity contribution is 5.91. The van der Waals surface area contributed by atoms with Gasteiger partial charge in [0, 0.05) is 6.20 Å². The van der Waals surface area contributed by atoms with E-state index in [4.69, 9.17) is 0 Å². The third-order valence-corrected chi connectivity index (χ3v) is 0.871. The van der Waals surface area contributed by atoms with Crippen LogP contribution in [0.5, 0.6) is 0 Å². The van der Waals surface area contributed by atoms with Gasteiger partial charge in [0.25, 0.3) is 0 Å². The van der Waals surface area contributed by atoms with Crippen molar-refractivity contribution in [3.8, 4) is 0 Å². The van der Waals surface area contributed by atoms with E-state index in [0.29, 0.717) is 5.57 Å². The Morgan fingerprint density at radius 2 is 2.30 bits per heavy atom. The van der Waals surface area contributed by atoms with Crippen LogP contribution in [0.2, 0.25) is 0 Å². The molecule has 0 rings (SSSR count). The SMILES string of the molecule is C=C/C(=C\N=C)C(=O)OC. The fraction of sp³-hybridized carbons (Fsp3) is 0.143. The molecule has 0 aliphatic carbocycles. The Hall–Kier alpha value is -1.38. The Bertz CT molecular complexity index is 182. The molecule has 0 fully saturated rings. The number of methoxy groups -OCH3 is 1. The topological polar surface area (TPSA) is 38.7 Å². The predicted octanol–water partition coefficient (Wildman–Crippen LogP) is 0.930. The summed E-state index contributed by atoms with van der Waals surface area (Å²) in [6, 6.07) is 0. The van der Waals surface area contributed by atoms with Gasteiger partial charge in [-0.15, -0.1) is 0 Å². The second-order valence-electron chi connectivity index (χ2n) is 1.46. The summed E-state index contributed by atoms with van der Waals surface area (Å²) in [6.45, 7) is 6.57. The van der Waals surface area contributed by atoms with Gasteiger partial charge in [0.05, 0.1) is 12.7 Å². The first-order chi connectivity index (χ1) is 4.76. The zero-order valence-corrected chi connectivity index (χ0v) is 5.83. The van der Waals surface area contributed by atoms with Crippen molar-refractivity contribution < 1.29 is 9.53 Å². The van der Waals surface area contributed by atoms with Crippen molar-refractivity contribution >= 4 is 12.7 Å². The summed E-state index contributed by atoms with van der Waals surface area (Å²) >= 11 is 0. The van der Waals surface area contributed by atoms with E-state index >= 15 is 0 Å². The minimum Gasteiger partial charge on any atom is -0.465 e. The molecule has 0 aromatic heterocycles. The maximum absolute atomic E-state index is 10.7. The Labute approximate surface area is 59.7 Å². The zero-order chi connectivity index (χ0) is 7.98. The Balaban J connectivity index is 4.34. The quantitative estimate of drug-likeness (QED) is 0.252. The molecule has 0 aromatic rings. The summed E-state index contributed by atoms with van der Waals surface area (Å²) in [4.78, 5) is 14.1. The second-order valence-corrected chi connectivity index (χ2v) is 1.46. The van der Waals surface area contributed by atoms with Crippen LogP contribution in [-0.4, -0.2) is 19.8 Å². The molecule has 3 nitrogen and oxygen atoms in total. The van der Waals surface area contributed by atoms with Crippen molar-refractivity contribution in [2.45, 2.75) is 0 Å². The smallest absolute Gasteiger partial charge is 0.339 e. The molecule has 0 aromatic carbocycles. The van der Waals surface area contributed by atoms with Crippen LogP contribution >= 0.6 is 0 Å². The fourth-order valence-corrected chi connectivity index (χ4v) is 0.405. The molecule has 0 aliphatic rings. The van der Waals surface area contributed by atoms with Gasteiger partial charge in [-0.25, -0.2) is 4.79 Å². The van der Waals surface area contributed by atoms with Crippen molar-refractivity contribution in [1.29, 1.82) is 0 Å². The van der Waals surface area contributed by atoms with Gasteiger partial charge < -0.3 is 4.74 Å². The van der Waals surface area contributed by atoms with E-state index in [2.05, 4.69) is 23.0 Å². The zero-order valence-electron chi connectivity index (χ0n) is 5.83. The summed E-state index contributed by atoms with van der Waals surface area (Å²) < 4.78 is 4.39. The number of carbonyl (C=O) groups is 1. The molecule has 0 saturated heterocycles. The van der Waals surface area contributed by atoms with Crippen molar-refractivity contribution in [2.75, 3.05) is 7.11 Å². The molecule has 0 unspecified atom stereocenters. The summed E-state index contributed by atoms with van der Waals surface area (Å²) in [5.74, 6) is -0.456. The third kappa shape index (κ3) is 2.26. The van der Waals surface area contributed by atoms with Crippen LogP contribution in [0.1, 0.15) is 0 Å². The summed E-state index contributed by atoms with van der Waals surface area (Å²) in [6.07, 6.45) is 2.65. The highest BCUT2D eigenvalue weighted by Gasteiger charge is 2.02. The van der Waals surface area contributed by atoms with Crippen molar-refractivity contribution in [3.05, 3.63) is 24.4 Å². The number of ether oxygens (including phenoxy) is 1. The molecular weight excluding hydrogens is 130 g/mol. The van der Waals surface area contributed by atoms with Crippen LogP contribution in [0, 0.1) is 0 Å². The molecule has 0 N–H and O–H groups in total. The molecular formula is C7H9NO2. The molecule has 0 radical (unpaired) electrons. The van der Waals surface area contributed by atoms with Gasteiger partial charge in [-0.05, 0) is 6.72 Å². The van der Waals surface area contributed by atoms with E-state index in [1.54, 1.807) is 0 Å². The predicted molar refractivity (Wildman–Crippen MR) is 39.8 cm³/mol. The maximum Gasteiger partial charge on any atom is 0.339 e. The van der Waals surface area contributed by atoms with E-state index in [0.717, 1.165) is 0 Å². The van der Waals surface area contributed by atoms with E-state index in [-0.39, 0.29) is 0 Å². The third-order valence-electron chi connectivity index (χ3n) is 0.871. The summed E-state index contributed by atoms with van der Waals surface area (Å²) in [5.41, 5.74) is 0.303. The molecule has 3 heteroatoms. The van der Waals surface area contributed by atoms with Crippen LogP contribution in [0.3, 0.4) is 0 Å². The standard InChI is InChI=1S/C7H9NO2/c1-4-6(5-8-2)7(9)10-3/h4-5H,1-2H2,3H3/b6-5+. The molecule has 10 heavy (non-hydrogen) atoms. The fourth-order valence-electron chi connectivity index (χ4n) is 0.405. The second kappa shape index (κ2) is 4.49. The van der Waals surface area contributed by atoms with Gasteiger partial charge in [0.15, 0.2) is 0 Å². The maximum atomic E-state index is 10.7. The van der Waals surface area contributed by atoms with Gasteiger partial charge in [0.1, 0.15) is 0 Å². The number of hydrogen-bond acceptors (Lipinski definition) is 3. The van der Waals surface area contributed by atoms with Gasteiger partial charge in [-0.3, -0.25) is 4.99 Å². The lowest BCUT2D eigenvalue weighted by Gasteiger charge is -1.95. The number of esters is 1. The first-order valence-electron chi connectivity index (χ1n) is 2.63. The molecule has 0 spiro atoms. The molecule has 0 atom stereocenters. The first kappa shape index (κ1) is 8.62. The normalized spacial score (nSPS) is 10.3. The highest BCUT2D eigenvalue weighted by atomic mass is 16.5. The van der Waals surface area contributed by atoms with Crippen LogP contribution in [0.25, 0.3) is 0 Å². The van der Waals surface area contributed by atoms with Gasteiger partial charge in [-0.2, -0.15) is 0 Å². The van der Waals surface area contributed by atoms with Crippen molar-refractivity contribution in [3.63, 3.8) is 0 Å². The number of aliphatic imine (C=N–C) groups is 1. The van der Waals surface area contributed by atoms with Gasteiger partial charge >= 0.3 is 5.97 Å². The van der Waals surface area contributed by atoms with Crippen LogP contribution in [0.15, 0.2) is 29.4 Å². The molecule has 0 saturated carbocycles. The van der Waals surface area contributed by atoms with Gasteiger partial charge in [-0.1, -0.05) is 12.7 Å². The van der Waals surface area contributed by atoms with Gasteiger partial charge in [0.2, 0.25) is 0 Å². The lowest BCUT2D eigenvalue weighted by atomic mass is 10.3. The van der Waals surface area contributed by atoms with E-state index in [1.165, 1.54) is 19.4 Å². The minimum atomic E-state index is -0.456. The average Bonchev–Trinajstić information content (AvgIpc) is 1.99. The van der Waals surface area contributed by atoms with E-state index in [9.17, 15) is 4.79 Å². The first-order valence-corrected chi connectivity index (χ1v) is 2.63. The number of hydrogen-bond donors (Lipinski definition) is 0. The van der Waals surface area contributed by atoms with E-state index < -0.39 is 5.97 Å². The average molecular weight is 139 g/mol. The van der Waals surface area contributed by atoms with Crippen molar-refractivity contribution in [2.24, 2.45) is 4.99 Å². The van der Waals surface area contributed by atoms with Crippen LogP contribution < -0.4 is 0 Å². The number of nitrogens with zero attached hydrogens (tertiary/aromatic N) is 1. The largest absolute Gasteiger partial charge is 0.465 e. The molecule has 54 valence electrons. The van der Waals surface area contributed by atoms with Crippen LogP contribution in [-0.2, 0) is 9.53 Å². The van der Waals surface area contributed by atoms with Crippen molar-refractivity contribution in [1.82, 2.24) is 0 Å².